The van der Waals surface area contributed by atoms with E-state index in [1.165, 1.54) is 7.11 Å². The maximum atomic E-state index is 11.8. The number of aromatic nitrogens is 2. The molecule has 160 valence electrons. The second-order valence-electron chi connectivity index (χ2n) is 7.15. The van der Waals surface area contributed by atoms with Crippen molar-refractivity contribution < 1.29 is 14.3 Å². The number of hydrogen-bond donors (Lipinski definition) is 1. The topological polar surface area (TPSA) is 68.6 Å². The van der Waals surface area contributed by atoms with E-state index in [1.807, 2.05) is 59.6 Å². The van der Waals surface area contributed by atoms with Gasteiger partial charge in [-0.05, 0) is 60.7 Å². The number of carbonyl (C=O) groups excluding carboxylic acids is 1. The molecule has 0 amide bonds. The SMILES string of the molecule is COC(=O)CCN1C(=S)N[C@H](c2ccccn2)[C@H]1c1cccn1-c1ccc(OC)cc1. The first kappa shape index (κ1) is 20.9. The number of methoxy groups -OCH3 is 2. The number of esters is 1. The number of pyridine rings is 1. The van der Waals surface area contributed by atoms with E-state index in [1.54, 1.807) is 13.3 Å². The van der Waals surface area contributed by atoms with Crippen molar-refractivity contribution in [1.82, 2.24) is 19.8 Å². The molecular weight excluding hydrogens is 412 g/mol. The van der Waals surface area contributed by atoms with Crippen LogP contribution in [0.2, 0.25) is 0 Å². The van der Waals surface area contributed by atoms with Crippen molar-refractivity contribution in [2.75, 3.05) is 20.8 Å². The van der Waals surface area contributed by atoms with Crippen LogP contribution < -0.4 is 10.1 Å². The average Bonchev–Trinajstić information content (AvgIpc) is 3.42. The second-order valence-corrected chi connectivity index (χ2v) is 7.53. The molecule has 1 N–H and O–H groups in total. The number of thiocarbonyl (C=S) groups is 1. The van der Waals surface area contributed by atoms with Crippen LogP contribution in [0.5, 0.6) is 5.75 Å². The standard InChI is InChI=1S/C23H24N4O3S/c1-29-17-10-8-16(9-11-17)26-14-5-7-19(26)22-21(18-6-3-4-13-24-18)25-23(31)27(22)15-12-20(28)30-2/h3-11,13-14,21-22H,12,15H2,1-2H3,(H,25,31)/t21-,22-/m1/s1. The number of carbonyl (C=O) groups is 1. The van der Waals surface area contributed by atoms with Gasteiger partial charge in [-0.3, -0.25) is 9.78 Å². The summed E-state index contributed by atoms with van der Waals surface area (Å²) in [5, 5.41) is 4.00. The Morgan fingerprint density at radius 3 is 2.61 bits per heavy atom. The van der Waals surface area contributed by atoms with Gasteiger partial charge >= 0.3 is 5.97 Å². The van der Waals surface area contributed by atoms with Gasteiger partial charge in [0.25, 0.3) is 0 Å². The summed E-state index contributed by atoms with van der Waals surface area (Å²) < 4.78 is 12.3. The molecule has 3 heterocycles. The minimum Gasteiger partial charge on any atom is -0.497 e. The summed E-state index contributed by atoms with van der Waals surface area (Å²) in [5.74, 6) is 0.528. The molecule has 0 radical (unpaired) electrons. The highest BCUT2D eigenvalue weighted by Gasteiger charge is 2.41. The fourth-order valence-corrected chi connectivity index (χ4v) is 4.23. The highest BCUT2D eigenvalue weighted by molar-refractivity contribution is 7.80. The lowest BCUT2D eigenvalue weighted by atomic mass is 10.0. The molecule has 0 bridgehead atoms. The van der Waals surface area contributed by atoms with Gasteiger partial charge in [0.2, 0.25) is 0 Å². The molecular formula is C23H24N4O3S. The summed E-state index contributed by atoms with van der Waals surface area (Å²) in [4.78, 5) is 18.4. The number of ether oxygens (including phenoxy) is 2. The van der Waals surface area contributed by atoms with E-state index in [4.69, 9.17) is 21.7 Å². The number of rotatable bonds is 7. The van der Waals surface area contributed by atoms with Crippen molar-refractivity contribution in [2.45, 2.75) is 18.5 Å². The predicted octanol–water partition coefficient (Wildman–Crippen LogP) is 3.42. The van der Waals surface area contributed by atoms with E-state index < -0.39 is 0 Å². The molecule has 1 aromatic carbocycles. The fourth-order valence-electron chi connectivity index (χ4n) is 3.89. The molecule has 0 spiro atoms. The molecule has 2 aromatic heterocycles. The number of hydrogen-bond acceptors (Lipinski definition) is 5. The van der Waals surface area contributed by atoms with Crippen LogP contribution in [0.25, 0.3) is 5.69 Å². The third kappa shape index (κ3) is 4.25. The first-order valence-electron chi connectivity index (χ1n) is 9.99. The van der Waals surface area contributed by atoms with Crippen LogP contribution >= 0.6 is 12.2 Å². The van der Waals surface area contributed by atoms with Crippen molar-refractivity contribution in [2.24, 2.45) is 0 Å². The van der Waals surface area contributed by atoms with Gasteiger partial charge in [-0.25, -0.2) is 0 Å². The molecule has 1 saturated heterocycles. The monoisotopic (exact) mass is 436 g/mol. The molecule has 1 fully saturated rings. The van der Waals surface area contributed by atoms with E-state index in [0.29, 0.717) is 11.7 Å². The van der Waals surface area contributed by atoms with Gasteiger partial charge in [-0.2, -0.15) is 0 Å². The summed E-state index contributed by atoms with van der Waals surface area (Å²) in [6.07, 6.45) is 4.04. The number of benzene rings is 1. The summed E-state index contributed by atoms with van der Waals surface area (Å²) >= 11 is 5.66. The Morgan fingerprint density at radius 1 is 1.13 bits per heavy atom. The van der Waals surface area contributed by atoms with Crippen molar-refractivity contribution in [1.29, 1.82) is 0 Å². The Hall–Kier alpha value is -3.39. The van der Waals surface area contributed by atoms with Crippen molar-refractivity contribution >= 4 is 23.3 Å². The molecule has 1 aliphatic heterocycles. The molecule has 3 aromatic rings. The highest BCUT2D eigenvalue weighted by Crippen LogP contribution is 2.39. The van der Waals surface area contributed by atoms with Crippen molar-refractivity contribution in [3.05, 3.63) is 78.4 Å². The number of nitrogens with one attached hydrogen (secondary N) is 1. The molecule has 1 aliphatic rings. The predicted molar refractivity (Wildman–Crippen MR) is 121 cm³/mol. The summed E-state index contributed by atoms with van der Waals surface area (Å²) in [6, 6.07) is 17.5. The third-order valence-electron chi connectivity index (χ3n) is 5.42. The summed E-state index contributed by atoms with van der Waals surface area (Å²) in [6.45, 7) is 0.445. The van der Waals surface area contributed by atoms with Crippen LogP contribution in [0.1, 0.15) is 29.9 Å². The Kier molecular flexibility index (Phi) is 6.18. The lowest BCUT2D eigenvalue weighted by molar-refractivity contribution is -0.140. The van der Waals surface area contributed by atoms with Gasteiger partial charge < -0.3 is 24.3 Å². The zero-order valence-corrected chi connectivity index (χ0v) is 18.2. The first-order valence-corrected chi connectivity index (χ1v) is 10.4. The molecule has 0 saturated carbocycles. The normalized spacial score (nSPS) is 18.0. The van der Waals surface area contributed by atoms with Crippen molar-refractivity contribution in [3.8, 4) is 11.4 Å². The zero-order chi connectivity index (χ0) is 21.8. The molecule has 4 rings (SSSR count). The quantitative estimate of drug-likeness (QED) is 0.450. The van der Waals surface area contributed by atoms with Gasteiger partial charge in [0, 0.05) is 30.3 Å². The van der Waals surface area contributed by atoms with Gasteiger partial charge in [-0.1, -0.05) is 6.07 Å². The lowest BCUT2D eigenvalue weighted by Crippen LogP contribution is -2.32. The lowest BCUT2D eigenvalue weighted by Gasteiger charge is -2.28. The van der Waals surface area contributed by atoms with Gasteiger partial charge in [0.1, 0.15) is 5.75 Å². The van der Waals surface area contributed by atoms with Crippen LogP contribution in [-0.2, 0) is 9.53 Å². The van der Waals surface area contributed by atoms with E-state index in [2.05, 4.69) is 20.9 Å². The summed E-state index contributed by atoms with van der Waals surface area (Å²) in [7, 11) is 3.05. The second kappa shape index (κ2) is 9.18. The molecule has 2 atom stereocenters. The molecule has 0 unspecified atom stereocenters. The third-order valence-corrected chi connectivity index (χ3v) is 5.77. The van der Waals surface area contributed by atoms with Crippen LogP contribution in [-0.4, -0.2) is 46.3 Å². The Morgan fingerprint density at radius 2 is 1.94 bits per heavy atom. The molecule has 31 heavy (non-hydrogen) atoms. The van der Waals surface area contributed by atoms with E-state index >= 15 is 0 Å². The zero-order valence-electron chi connectivity index (χ0n) is 17.4. The fraction of sp³-hybridized carbons (Fsp3) is 0.261. The minimum absolute atomic E-state index is 0.149. The van der Waals surface area contributed by atoms with Crippen molar-refractivity contribution in [3.63, 3.8) is 0 Å². The van der Waals surface area contributed by atoms with Gasteiger partial charge in [0.05, 0.1) is 38.4 Å². The van der Waals surface area contributed by atoms with Crippen LogP contribution in [0.4, 0.5) is 0 Å². The van der Waals surface area contributed by atoms with E-state index in [0.717, 1.165) is 22.8 Å². The molecule has 8 heteroatoms. The maximum absolute atomic E-state index is 11.8. The van der Waals surface area contributed by atoms with Crippen LogP contribution in [0.15, 0.2) is 67.0 Å². The van der Waals surface area contributed by atoms with Gasteiger partial charge in [-0.15, -0.1) is 0 Å². The summed E-state index contributed by atoms with van der Waals surface area (Å²) in [5.41, 5.74) is 2.93. The Bertz CT molecular complexity index is 1050. The average molecular weight is 437 g/mol. The number of nitrogens with zero attached hydrogens (tertiary/aromatic N) is 3. The Balaban J connectivity index is 1.74. The molecule has 7 nitrogen and oxygen atoms in total. The van der Waals surface area contributed by atoms with Crippen LogP contribution in [0, 0.1) is 0 Å². The Labute approximate surface area is 186 Å². The smallest absolute Gasteiger partial charge is 0.307 e. The minimum atomic E-state index is -0.270. The van der Waals surface area contributed by atoms with E-state index in [-0.39, 0.29) is 24.5 Å². The van der Waals surface area contributed by atoms with E-state index in [9.17, 15) is 4.79 Å². The maximum Gasteiger partial charge on any atom is 0.307 e. The largest absolute Gasteiger partial charge is 0.497 e. The van der Waals surface area contributed by atoms with Gasteiger partial charge in [0.15, 0.2) is 5.11 Å². The first-order chi connectivity index (χ1) is 15.1. The molecule has 0 aliphatic carbocycles. The highest BCUT2D eigenvalue weighted by atomic mass is 32.1. The van der Waals surface area contributed by atoms with Crippen LogP contribution in [0.3, 0.4) is 0 Å².